The summed E-state index contributed by atoms with van der Waals surface area (Å²) >= 11 is 0. The zero-order valence-corrected chi connectivity index (χ0v) is 20.0. The van der Waals surface area contributed by atoms with Gasteiger partial charge >= 0.3 is 6.18 Å². The van der Waals surface area contributed by atoms with E-state index in [1.165, 1.54) is 13.3 Å². The molecule has 1 aliphatic rings. The van der Waals surface area contributed by atoms with Crippen LogP contribution in [0.15, 0.2) is 42.6 Å². The van der Waals surface area contributed by atoms with Crippen LogP contribution in [0.1, 0.15) is 59.3 Å². The van der Waals surface area contributed by atoms with E-state index in [1.54, 1.807) is 13.1 Å². The van der Waals surface area contributed by atoms with E-state index in [9.17, 15) is 22.8 Å². The highest BCUT2D eigenvalue weighted by Gasteiger charge is 2.40. The SMILES string of the molecule is CNC(=O)Cc1cccc(CCC(=O)c2cc(/C=C/C3CCC(C(F)(F)F)CC3)c(OC)cn2)c1. The zero-order chi connectivity index (χ0) is 25.4. The molecular weight excluding hydrogens is 457 g/mol. The monoisotopic (exact) mass is 488 g/mol. The lowest BCUT2D eigenvalue weighted by Crippen LogP contribution is -2.27. The molecule has 1 aromatic carbocycles. The van der Waals surface area contributed by atoms with Crippen LogP contribution in [-0.4, -0.2) is 37.0 Å². The molecule has 1 amide bonds. The van der Waals surface area contributed by atoms with Crippen LogP contribution in [0.3, 0.4) is 0 Å². The van der Waals surface area contributed by atoms with Gasteiger partial charge in [0, 0.05) is 19.0 Å². The summed E-state index contributed by atoms with van der Waals surface area (Å²) in [4.78, 5) is 28.7. The Balaban J connectivity index is 1.63. The van der Waals surface area contributed by atoms with Crippen molar-refractivity contribution in [2.24, 2.45) is 11.8 Å². The van der Waals surface area contributed by atoms with Crippen LogP contribution in [-0.2, 0) is 17.6 Å². The van der Waals surface area contributed by atoms with Crippen LogP contribution in [0, 0.1) is 11.8 Å². The second-order valence-electron chi connectivity index (χ2n) is 8.92. The molecule has 0 saturated heterocycles. The Morgan fingerprint density at radius 2 is 1.86 bits per heavy atom. The number of methoxy groups -OCH3 is 1. The van der Waals surface area contributed by atoms with Crippen molar-refractivity contribution in [1.29, 1.82) is 0 Å². The Morgan fingerprint density at radius 1 is 1.14 bits per heavy atom. The maximum Gasteiger partial charge on any atom is 0.391 e. The summed E-state index contributed by atoms with van der Waals surface area (Å²) in [5, 5.41) is 2.60. The number of carbonyl (C=O) groups is 2. The Bertz CT molecular complexity index is 1060. The number of ether oxygens (including phenoxy) is 1. The number of aromatic nitrogens is 1. The number of likely N-dealkylation sites (N-methyl/N-ethyl adjacent to an activating group) is 1. The van der Waals surface area contributed by atoms with Gasteiger partial charge in [0.2, 0.25) is 5.91 Å². The average molecular weight is 489 g/mol. The van der Waals surface area contributed by atoms with Crippen molar-refractivity contribution in [3.63, 3.8) is 0 Å². The molecule has 188 valence electrons. The Morgan fingerprint density at radius 3 is 2.51 bits per heavy atom. The molecule has 8 heteroatoms. The molecule has 1 heterocycles. The number of ketones is 1. The van der Waals surface area contributed by atoms with Crippen molar-refractivity contribution >= 4 is 17.8 Å². The van der Waals surface area contributed by atoms with Crippen LogP contribution in [0.5, 0.6) is 5.75 Å². The summed E-state index contributed by atoms with van der Waals surface area (Å²) in [6.45, 7) is 0. The highest BCUT2D eigenvalue weighted by molar-refractivity contribution is 5.95. The van der Waals surface area contributed by atoms with Crippen molar-refractivity contribution in [2.75, 3.05) is 14.2 Å². The molecule has 0 radical (unpaired) electrons. The van der Waals surface area contributed by atoms with Gasteiger partial charge in [-0.25, -0.2) is 4.98 Å². The number of halogens is 3. The van der Waals surface area contributed by atoms with Crippen LogP contribution in [0.25, 0.3) is 6.08 Å². The standard InChI is InChI=1S/C27H31F3N2O3/c1-31-26(34)15-20-5-3-4-19(14-20)9-13-24(33)23-16-21(25(35-2)17-32-23)10-6-18-7-11-22(12-8-18)27(28,29)30/h3-6,10,14,16-18,22H,7-9,11-13,15H2,1-2H3,(H,31,34)/b10-6+. The van der Waals surface area contributed by atoms with Crippen LogP contribution in [0.2, 0.25) is 0 Å². The number of rotatable bonds is 9. The number of benzene rings is 1. The lowest BCUT2D eigenvalue weighted by molar-refractivity contribution is -0.183. The molecule has 0 aliphatic heterocycles. The number of nitrogens with zero attached hydrogens (tertiary/aromatic N) is 1. The molecule has 3 rings (SSSR count). The van der Waals surface area contributed by atoms with Gasteiger partial charge in [-0.05, 0) is 55.2 Å². The van der Waals surface area contributed by atoms with Crippen LogP contribution < -0.4 is 10.1 Å². The Hall–Kier alpha value is -3.16. The number of nitrogens with one attached hydrogen (secondary N) is 1. The molecular formula is C27H31F3N2O3. The predicted octanol–water partition coefficient (Wildman–Crippen LogP) is 5.58. The largest absolute Gasteiger partial charge is 0.495 e. The van der Waals surface area contributed by atoms with Gasteiger partial charge in [0.1, 0.15) is 11.4 Å². The van der Waals surface area contributed by atoms with Gasteiger partial charge in [0.25, 0.3) is 0 Å². The van der Waals surface area contributed by atoms with Crippen LogP contribution in [0.4, 0.5) is 13.2 Å². The predicted molar refractivity (Wildman–Crippen MR) is 128 cm³/mol. The third-order valence-electron chi connectivity index (χ3n) is 6.46. The molecule has 5 nitrogen and oxygen atoms in total. The van der Waals surface area contributed by atoms with Gasteiger partial charge < -0.3 is 10.1 Å². The highest BCUT2D eigenvalue weighted by Crippen LogP contribution is 2.40. The normalized spacial score (nSPS) is 18.4. The van der Waals surface area contributed by atoms with Crippen LogP contribution >= 0.6 is 0 Å². The number of hydrogen-bond donors (Lipinski definition) is 1. The van der Waals surface area contributed by atoms with E-state index < -0.39 is 12.1 Å². The van der Waals surface area contributed by atoms with Gasteiger partial charge in [-0.3, -0.25) is 9.59 Å². The maximum absolute atomic E-state index is 12.9. The van der Waals surface area contributed by atoms with Gasteiger partial charge in [-0.2, -0.15) is 13.2 Å². The topological polar surface area (TPSA) is 68.3 Å². The van der Waals surface area contributed by atoms with Crippen molar-refractivity contribution in [1.82, 2.24) is 10.3 Å². The number of pyridine rings is 1. The Kier molecular flexibility index (Phi) is 9.07. The van der Waals surface area contributed by atoms with Gasteiger partial charge in [-0.15, -0.1) is 0 Å². The van der Waals surface area contributed by atoms with E-state index in [4.69, 9.17) is 4.74 Å². The number of carbonyl (C=O) groups excluding carboxylic acids is 2. The Labute approximate surface area is 203 Å². The van der Waals surface area contributed by atoms with E-state index in [2.05, 4.69) is 10.3 Å². The molecule has 0 unspecified atom stereocenters. The third kappa shape index (κ3) is 7.67. The molecule has 1 aromatic heterocycles. The highest BCUT2D eigenvalue weighted by atomic mass is 19.4. The molecule has 1 aliphatic carbocycles. The fourth-order valence-electron chi connectivity index (χ4n) is 4.35. The van der Waals surface area contributed by atoms with Crippen molar-refractivity contribution in [2.45, 2.75) is 51.1 Å². The molecule has 0 atom stereocenters. The van der Waals surface area contributed by atoms with Crippen molar-refractivity contribution in [3.05, 3.63) is 65.0 Å². The van der Waals surface area contributed by atoms with E-state index in [0.29, 0.717) is 36.3 Å². The lowest BCUT2D eigenvalue weighted by Gasteiger charge is -2.28. The minimum absolute atomic E-state index is 0.0627. The second kappa shape index (κ2) is 12.0. The van der Waals surface area contributed by atoms with Gasteiger partial charge in [-0.1, -0.05) is 36.4 Å². The van der Waals surface area contributed by atoms with Gasteiger partial charge in [0.15, 0.2) is 5.78 Å². The average Bonchev–Trinajstić information content (AvgIpc) is 2.85. The molecule has 0 spiro atoms. The molecule has 1 fully saturated rings. The number of Topliss-reactive ketones (excluding diaryl/α,β-unsaturated/α-hetero) is 1. The number of amides is 1. The first kappa shape index (κ1) is 26.4. The minimum Gasteiger partial charge on any atom is -0.495 e. The first-order valence-corrected chi connectivity index (χ1v) is 11.8. The summed E-state index contributed by atoms with van der Waals surface area (Å²) in [6, 6.07) is 9.25. The van der Waals surface area contributed by atoms with Gasteiger partial charge in [0.05, 0.1) is 25.6 Å². The number of allylic oxidation sites excluding steroid dienone is 1. The fourth-order valence-corrected chi connectivity index (χ4v) is 4.35. The summed E-state index contributed by atoms with van der Waals surface area (Å²) in [5.74, 6) is -0.841. The summed E-state index contributed by atoms with van der Waals surface area (Å²) in [5.41, 5.74) is 2.83. The van der Waals surface area contributed by atoms with Crippen molar-refractivity contribution in [3.8, 4) is 5.75 Å². The molecule has 1 saturated carbocycles. The molecule has 35 heavy (non-hydrogen) atoms. The van der Waals surface area contributed by atoms with E-state index >= 15 is 0 Å². The summed E-state index contributed by atoms with van der Waals surface area (Å²) < 4.78 is 44.1. The molecule has 2 aromatic rings. The first-order valence-electron chi connectivity index (χ1n) is 11.8. The number of alkyl halides is 3. The maximum atomic E-state index is 12.9. The lowest BCUT2D eigenvalue weighted by atomic mass is 9.81. The fraction of sp³-hybridized carbons (Fsp3) is 0.444. The summed E-state index contributed by atoms with van der Waals surface area (Å²) in [6.07, 6.45) is 3.41. The number of aryl methyl sites for hydroxylation is 1. The van der Waals surface area contributed by atoms with E-state index in [1.807, 2.05) is 36.4 Å². The zero-order valence-electron chi connectivity index (χ0n) is 20.0. The number of hydrogen-bond acceptors (Lipinski definition) is 4. The van der Waals surface area contributed by atoms with E-state index in [-0.39, 0.29) is 43.3 Å². The van der Waals surface area contributed by atoms with E-state index in [0.717, 1.165) is 11.1 Å². The molecule has 0 bridgehead atoms. The van der Waals surface area contributed by atoms with Crippen molar-refractivity contribution < 1.29 is 27.5 Å². The smallest absolute Gasteiger partial charge is 0.391 e. The minimum atomic E-state index is -4.12. The quantitative estimate of drug-likeness (QED) is 0.468. The summed E-state index contributed by atoms with van der Waals surface area (Å²) in [7, 11) is 3.10. The molecule has 1 N–H and O–H groups in total. The third-order valence-corrected chi connectivity index (χ3v) is 6.46. The second-order valence-corrected chi connectivity index (χ2v) is 8.92. The first-order chi connectivity index (χ1) is 16.7.